The van der Waals surface area contributed by atoms with Gasteiger partial charge in [0.05, 0.1) is 31.3 Å². The van der Waals surface area contributed by atoms with Crippen LogP contribution in [0, 0.1) is 11.3 Å². The van der Waals surface area contributed by atoms with Crippen LogP contribution in [0.2, 0.25) is 0 Å². The summed E-state index contributed by atoms with van der Waals surface area (Å²) in [6, 6.07) is 7.31. The third-order valence-corrected chi connectivity index (χ3v) is 2.96. The van der Waals surface area contributed by atoms with Crippen LogP contribution in [0.25, 0.3) is 0 Å². The largest absolute Gasteiger partial charge is 0.462 e. The molecule has 114 valence electrons. The first-order valence-electron chi connectivity index (χ1n) is 6.81. The molecule has 0 spiro atoms. The first-order chi connectivity index (χ1) is 10.1. The van der Waals surface area contributed by atoms with Gasteiger partial charge in [0.2, 0.25) is 0 Å². The van der Waals surface area contributed by atoms with Gasteiger partial charge in [-0.25, -0.2) is 4.79 Å². The van der Waals surface area contributed by atoms with E-state index in [2.05, 4.69) is 6.07 Å². The summed E-state index contributed by atoms with van der Waals surface area (Å²) in [5.74, 6) is -0.441. The van der Waals surface area contributed by atoms with Crippen LogP contribution in [-0.4, -0.2) is 39.4 Å². The van der Waals surface area contributed by atoms with Gasteiger partial charge < -0.3 is 20.1 Å². The van der Waals surface area contributed by atoms with Crippen LogP contribution < -0.4 is 10.6 Å². The van der Waals surface area contributed by atoms with Gasteiger partial charge in [-0.05, 0) is 25.1 Å². The van der Waals surface area contributed by atoms with E-state index in [1.165, 1.54) is 0 Å². The minimum absolute atomic E-state index is 0.296. The maximum absolute atomic E-state index is 11.9. The van der Waals surface area contributed by atoms with Crippen LogP contribution in [0.1, 0.15) is 23.7 Å². The van der Waals surface area contributed by atoms with Crippen molar-refractivity contribution in [1.29, 1.82) is 5.26 Å². The van der Waals surface area contributed by atoms with Gasteiger partial charge in [-0.15, -0.1) is 0 Å². The number of hydrogen-bond acceptors (Lipinski definition) is 6. The Hall–Kier alpha value is -2.26. The zero-order valence-corrected chi connectivity index (χ0v) is 12.5. The number of rotatable bonds is 8. The van der Waals surface area contributed by atoms with Gasteiger partial charge in [-0.1, -0.05) is 0 Å². The molecule has 1 rings (SSSR count). The van der Waals surface area contributed by atoms with Gasteiger partial charge >= 0.3 is 5.97 Å². The molecule has 0 unspecified atom stereocenters. The molecule has 0 atom stereocenters. The molecule has 0 aliphatic rings. The Morgan fingerprint density at radius 2 is 2.19 bits per heavy atom. The number of esters is 1. The molecule has 1 aromatic rings. The SMILES string of the molecule is CCOC(=O)c1cc(N(CCC#N)CCOC)ccc1N. The molecule has 0 saturated heterocycles. The smallest absolute Gasteiger partial charge is 0.340 e. The zero-order valence-electron chi connectivity index (χ0n) is 12.5. The molecule has 0 fully saturated rings. The van der Waals surface area contributed by atoms with Crippen LogP contribution in [0.15, 0.2) is 18.2 Å². The number of nitrogens with zero attached hydrogens (tertiary/aromatic N) is 2. The van der Waals surface area contributed by atoms with Crippen LogP contribution in [0.4, 0.5) is 11.4 Å². The van der Waals surface area contributed by atoms with Crippen LogP contribution in [0.3, 0.4) is 0 Å². The highest BCUT2D eigenvalue weighted by Gasteiger charge is 2.14. The third kappa shape index (κ3) is 4.97. The highest BCUT2D eigenvalue weighted by atomic mass is 16.5. The van der Waals surface area contributed by atoms with Crippen molar-refractivity contribution in [3.05, 3.63) is 23.8 Å². The fourth-order valence-electron chi connectivity index (χ4n) is 1.88. The Balaban J connectivity index is 2.99. The maximum atomic E-state index is 11.9. The lowest BCUT2D eigenvalue weighted by Crippen LogP contribution is -2.28. The number of ether oxygens (including phenoxy) is 2. The Morgan fingerprint density at radius 1 is 1.43 bits per heavy atom. The van der Waals surface area contributed by atoms with Crippen molar-refractivity contribution in [2.45, 2.75) is 13.3 Å². The van der Waals surface area contributed by atoms with Gasteiger partial charge in [0.25, 0.3) is 0 Å². The lowest BCUT2D eigenvalue weighted by Gasteiger charge is -2.24. The lowest BCUT2D eigenvalue weighted by molar-refractivity contribution is 0.0527. The number of nitrogen functional groups attached to an aromatic ring is 1. The van der Waals surface area contributed by atoms with Crippen LogP contribution >= 0.6 is 0 Å². The topological polar surface area (TPSA) is 88.6 Å². The number of carbonyl (C=O) groups excluding carboxylic acids is 1. The molecular formula is C15H21N3O3. The molecule has 0 bridgehead atoms. The summed E-state index contributed by atoms with van der Waals surface area (Å²) in [5.41, 5.74) is 7.36. The van der Waals surface area contributed by atoms with Gasteiger partial charge in [0, 0.05) is 31.6 Å². The quantitative estimate of drug-likeness (QED) is 0.580. The molecule has 6 heteroatoms. The van der Waals surface area contributed by atoms with Crippen molar-refractivity contribution in [2.24, 2.45) is 0 Å². The zero-order chi connectivity index (χ0) is 15.7. The highest BCUT2D eigenvalue weighted by Crippen LogP contribution is 2.22. The van der Waals surface area contributed by atoms with E-state index in [0.717, 1.165) is 5.69 Å². The molecule has 21 heavy (non-hydrogen) atoms. The second-order valence-corrected chi connectivity index (χ2v) is 4.38. The van der Waals surface area contributed by atoms with Gasteiger partial charge in [0.15, 0.2) is 0 Å². The molecular weight excluding hydrogens is 270 g/mol. The first-order valence-corrected chi connectivity index (χ1v) is 6.81. The number of nitrogens with two attached hydrogens (primary N) is 1. The number of anilines is 2. The highest BCUT2D eigenvalue weighted by molar-refractivity contribution is 5.96. The van der Waals surface area contributed by atoms with E-state index in [1.807, 2.05) is 11.0 Å². The summed E-state index contributed by atoms with van der Waals surface area (Å²) in [4.78, 5) is 13.9. The fourth-order valence-corrected chi connectivity index (χ4v) is 1.88. The lowest BCUT2D eigenvalue weighted by atomic mass is 10.1. The van der Waals surface area contributed by atoms with E-state index < -0.39 is 5.97 Å². The Labute approximate surface area is 125 Å². The van der Waals surface area contributed by atoms with E-state index >= 15 is 0 Å². The van der Waals surface area contributed by atoms with Crippen molar-refractivity contribution in [1.82, 2.24) is 0 Å². The molecule has 0 radical (unpaired) electrons. The van der Waals surface area contributed by atoms with Crippen LogP contribution in [0.5, 0.6) is 0 Å². The van der Waals surface area contributed by atoms with Gasteiger partial charge in [0.1, 0.15) is 0 Å². The van der Waals surface area contributed by atoms with E-state index in [9.17, 15) is 4.79 Å². The first kappa shape index (κ1) is 16.8. The summed E-state index contributed by atoms with van der Waals surface area (Å²) < 4.78 is 10.1. The Kier molecular flexibility index (Phi) is 7.05. The van der Waals surface area contributed by atoms with Crippen molar-refractivity contribution >= 4 is 17.3 Å². The van der Waals surface area contributed by atoms with E-state index in [1.54, 1.807) is 26.2 Å². The van der Waals surface area contributed by atoms with E-state index in [4.69, 9.17) is 20.5 Å². The Morgan fingerprint density at radius 3 is 2.81 bits per heavy atom. The van der Waals surface area contributed by atoms with Crippen molar-refractivity contribution in [3.8, 4) is 6.07 Å². The van der Waals surface area contributed by atoms with E-state index in [-0.39, 0.29) is 0 Å². The summed E-state index contributed by atoms with van der Waals surface area (Å²) in [7, 11) is 1.62. The normalized spacial score (nSPS) is 9.95. The van der Waals surface area contributed by atoms with Gasteiger partial charge in [-0.2, -0.15) is 5.26 Å². The van der Waals surface area contributed by atoms with E-state index in [0.29, 0.717) is 44.0 Å². The standard InChI is InChI=1S/C15H21N3O3/c1-3-21-15(19)13-11-12(5-6-14(13)17)18(8-4-7-16)9-10-20-2/h5-6,11H,3-4,8-10,17H2,1-2H3. The fraction of sp³-hybridized carbons (Fsp3) is 0.467. The minimum Gasteiger partial charge on any atom is -0.462 e. The second kappa shape index (κ2) is 8.82. The molecule has 2 N–H and O–H groups in total. The molecule has 1 aromatic carbocycles. The number of nitriles is 1. The number of carbonyl (C=O) groups is 1. The van der Waals surface area contributed by atoms with Crippen molar-refractivity contribution in [3.63, 3.8) is 0 Å². The summed E-state index contributed by atoms with van der Waals surface area (Å²) in [5, 5.41) is 8.74. The predicted octanol–water partition coefficient (Wildman–Crippen LogP) is 1.81. The summed E-state index contributed by atoms with van der Waals surface area (Å²) in [6.45, 7) is 3.76. The molecule has 0 aliphatic carbocycles. The molecule has 0 aliphatic heterocycles. The predicted molar refractivity (Wildman–Crippen MR) is 81.1 cm³/mol. The average Bonchev–Trinajstić information content (AvgIpc) is 2.48. The monoisotopic (exact) mass is 291 g/mol. The minimum atomic E-state index is -0.441. The second-order valence-electron chi connectivity index (χ2n) is 4.38. The Bertz CT molecular complexity index is 511. The molecule has 0 heterocycles. The molecule has 0 saturated carbocycles. The third-order valence-electron chi connectivity index (χ3n) is 2.96. The van der Waals surface area contributed by atoms with Crippen molar-refractivity contribution in [2.75, 3.05) is 44.0 Å². The summed E-state index contributed by atoms with van der Waals surface area (Å²) >= 11 is 0. The number of hydrogen-bond donors (Lipinski definition) is 1. The van der Waals surface area contributed by atoms with Crippen LogP contribution in [-0.2, 0) is 9.47 Å². The average molecular weight is 291 g/mol. The number of methoxy groups -OCH3 is 1. The summed E-state index contributed by atoms with van der Waals surface area (Å²) in [6.07, 6.45) is 0.392. The molecule has 6 nitrogen and oxygen atoms in total. The molecule has 0 aromatic heterocycles. The van der Waals surface area contributed by atoms with Crippen molar-refractivity contribution < 1.29 is 14.3 Å². The number of benzene rings is 1. The molecule has 0 amide bonds. The maximum Gasteiger partial charge on any atom is 0.340 e. The van der Waals surface area contributed by atoms with Gasteiger partial charge in [-0.3, -0.25) is 0 Å².